The highest BCUT2D eigenvalue weighted by molar-refractivity contribution is 7.54. The Kier molecular flexibility index (Phi) is 6.27. The van der Waals surface area contributed by atoms with E-state index < -0.39 is 32.0 Å². The van der Waals surface area contributed by atoms with E-state index in [1.165, 1.54) is 6.92 Å². The number of carbonyl (C=O) groups is 1. The van der Waals surface area contributed by atoms with Gasteiger partial charge in [0.25, 0.3) is 0 Å². The van der Waals surface area contributed by atoms with Crippen molar-refractivity contribution in [2.45, 2.75) is 25.4 Å². The molecular weight excluding hydrogens is 238 g/mol. The van der Waals surface area contributed by atoms with Gasteiger partial charge in [-0.3, -0.25) is 4.57 Å². The Labute approximate surface area is 93.8 Å². The van der Waals surface area contributed by atoms with Crippen molar-refractivity contribution in [2.75, 3.05) is 14.2 Å². The molecule has 0 aromatic rings. The Morgan fingerprint density at radius 3 is 2.38 bits per heavy atom. The lowest BCUT2D eigenvalue weighted by molar-refractivity contribution is -0.151. The van der Waals surface area contributed by atoms with Crippen LogP contribution in [0.5, 0.6) is 0 Å². The summed E-state index contributed by atoms with van der Waals surface area (Å²) in [5.41, 5.74) is 0. The van der Waals surface area contributed by atoms with Crippen molar-refractivity contribution in [1.82, 2.24) is 0 Å². The third-order valence-corrected chi connectivity index (χ3v) is 3.81. The number of halogens is 1. The molecule has 2 atom stereocenters. The van der Waals surface area contributed by atoms with Crippen molar-refractivity contribution < 1.29 is 27.5 Å². The first kappa shape index (κ1) is 15.1. The second-order valence-electron chi connectivity index (χ2n) is 2.82. The average Bonchev–Trinajstić information content (AvgIpc) is 2.28. The largest absolute Gasteiger partial charge is 0.447 e. The first-order valence-electron chi connectivity index (χ1n) is 4.40. The number of ether oxygens (including phenoxy) is 1. The zero-order valence-corrected chi connectivity index (χ0v) is 10.2. The van der Waals surface area contributed by atoms with Crippen LogP contribution in [0, 0.1) is 12.3 Å². The molecule has 2 unspecified atom stereocenters. The SMILES string of the molecule is C#CCC(F)C(=O)OC(C)P(=O)(OC)OC. The maximum atomic E-state index is 13.0. The Balaban J connectivity index is 4.46. The van der Waals surface area contributed by atoms with E-state index in [1.807, 2.05) is 5.92 Å². The normalized spacial score (nSPS) is 14.9. The van der Waals surface area contributed by atoms with Crippen LogP contribution in [-0.4, -0.2) is 32.2 Å². The van der Waals surface area contributed by atoms with Crippen LogP contribution in [-0.2, 0) is 23.1 Å². The van der Waals surface area contributed by atoms with E-state index in [-0.39, 0.29) is 0 Å². The number of alkyl halides is 1. The number of rotatable bonds is 6. The van der Waals surface area contributed by atoms with Crippen LogP contribution in [0.25, 0.3) is 0 Å². The molecule has 0 radical (unpaired) electrons. The molecule has 0 saturated carbocycles. The quantitative estimate of drug-likeness (QED) is 0.409. The minimum absolute atomic E-state index is 0.393. The molecule has 0 aromatic carbocycles. The number of esters is 1. The van der Waals surface area contributed by atoms with Crippen molar-refractivity contribution in [3.63, 3.8) is 0 Å². The zero-order valence-electron chi connectivity index (χ0n) is 9.31. The summed E-state index contributed by atoms with van der Waals surface area (Å²) in [5, 5.41) is 0. The van der Waals surface area contributed by atoms with Crippen LogP contribution >= 0.6 is 7.60 Å². The second kappa shape index (κ2) is 6.64. The molecule has 0 heterocycles. The molecule has 0 aliphatic heterocycles. The van der Waals surface area contributed by atoms with Gasteiger partial charge in [0.2, 0.25) is 6.17 Å². The van der Waals surface area contributed by atoms with Crippen molar-refractivity contribution in [2.24, 2.45) is 0 Å². The second-order valence-corrected chi connectivity index (χ2v) is 5.35. The van der Waals surface area contributed by atoms with Gasteiger partial charge in [0.15, 0.2) is 5.85 Å². The Bertz CT molecular complexity index is 316. The monoisotopic (exact) mass is 252 g/mol. The molecule has 7 heteroatoms. The molecule has 0 aliphatic rings. The van der Waals surface area contributed by atoms with Crippen molar-refractivity contribution in [3.05, 3.63) is 0 Å². The van der Waals surface area contributed by atoms with Gasteiger partial charge in [-0.2, -0.15) is 0 Å². The zero-order chi connectivity index (χ0) is 12.8. The smallest absolute Gasteiger partial charge is 0.370 e. The highest BCUT2D eigenvalue weighted by atomic mass is 31.2. The van der Waals surface area contributed by atoms with Gasteiger partial charge in [-0.25, -0.2) is 9.18 Å². The molecule has 0 rings (SSSR count). The molecular formula is C9H14FO5P. The summed E-state index contributed by atoms with van der Waals surface area (Å²) in [6.45, 7) is 1.29. The van der Waals surface area contributed by atoms with Crippen molar-refractivity contribution >= 4 is 13.6 Å². The maximum Gasteiger partial charge on any atom is 0.370 e. The Morgan fingerprint density at radius 2 is 2.00 bits per heavy atom. The molecule has 0 bridgehead atoms. The average molecular weight is 252 g/mol. The molecule has 0 saturated heterocycles. The first-order valence-corrected chi connectivity index (χ1v) is 6.01. The van der Waals surface area contributed by atoms with Gasteiger partial charge in [0, 0.05) is 14.2 Å². The van der Waals surface area contributed by atoms with E-state index in [1.54, 1.807) is 0 Å². The summed E-state index contributed by atoms with van der Waals surface area (Å²) in [4.78, 5) is 11.1. The van der Waals surface area contributed by atoms with Gasteiger partial charge >= 0.3 is 13.6 Å². The van der Waals surface area contributed by atoms with Crippen LogP contribution in [0.1, 0.15) is 13.3 Å². The van der Waals surface area contributed by atoms with Gasteiger partial charge in [-0.1, -0.05) is 0 Å². The molecule has 0 spiro atoms. The topological polar surface area (TPSA) is 61.8 Å². The summed E-state index contributed by atoms with van der Waals surface area (Å²) in [7, 11) is -1.26. The van der Waals surface area contributed by atoms with Crippen LogP contribution in [0.2, 0.25) is 0 Å². The molecule has 5 nitrogen and oxygen atoms in total. The van der Waals surface area contributed by atoms with Gasteiger partial charge in [-0.05, 0) is 6.92 Å². The summed E-state index contributed by atoms with van der Waals surface area (Å²) >= 11 is 0. The first-order chi connectivity index (χ1) is 7.41. The van der Waals surface area contributed by atoms with Crippen LogP contribution in [0.15, 0.2) is 0 Å². The van der Waals surface area contributed by atoms with Crippen LogP contribution in [0.4, 0.5) is 4.39 Å². The van der Waals surface area contributed by atoms with Crippen LogP contribution < -0.4 is 0 Å². The molecule has 16 heavy (non-hydrogen) atoms. The molecule has 0 amide bonds. The highest BCUT2D eigenvalue weighted by Gasteiger charge is 2.35. The van der Waals surface area contributed by atoms with Gasteiger partial charge < -0.3 is 13.8 Å². The fourth-order valence-corrected chi connectivity index (χ4v) is 1.84. The van der Waals surface area contributed by atoms with Crippen molar-refractivity contribution in [1.29, 1.82) is 0 Å². The standard InChI is InChI=1S/C9H14FO5P/c1-5-6-8(10)9(11)15-7(2)16(12,13-3)14-4/h1,7-8H,6H2,2-4H3. The molecule has 0 aromatic heterocycles. The Hall–Kier alpha value is -0.890. The molecule has 92 valence electrons. The molecule has 0 N–H and O–H groups in total. The predicted molar refractivity (Wildman–Crippen MR) is 55.5 cm³/mol. The lowest BCUT2D eigenvalue weighted by atomic mass is 10.3. The Morgan fingerprint density at radius 1 is 1.50 bits per heavy atom. The predicted octanol–water partition coefficient (Wildman–Crippen LogP) is 1.72. The number of carbonyl (C=O) groups excluding carboxylic acids is 1. The summed E-state index contributed by atoms with van der Waals surface area (Å²) in [6, 6.07) is 0. The van der Waals surface area contributed by atoms with E-state index >= 15 is 0 Å². The maximum absolute atomic E-state index is 13.0. The van der Waals surface area contributed by atoms with Gasteiger partial charge in [0.05, 0.1) is 6.42 Å². The van der Waals surface area contributed by atoms with E-state index in [9.17, 15) is 13.8 Å². The number of hydrogen-bond donors (Lipinski definition) is 0. The van der Waals surface area contributed by atoms with Crippen LogP contribution in [0.3, 0.4) is 0 Å². The molecule has 0 aliphatic carbocycles. The number of hydrogen-bond acceptors (Lipinski definition) is 5. The van der Waals surface area contributed by atoms with E-state index in [0.29, 0.717) is 0 Å². The fraction of sp³-hybridized carbons (Fsp3) is 0.667. The fourth-order valence-electron chi connectivity index (χ4n) is 0.865. The number of terminal acetylenes is 1. The summed E-state index contributed by atoms with van der Waals surface area (Å²) in [5.74, 6) is -0.389. The third kappa shape index (κ3) is 3.93. The van der Waals surface area contributed by atoms with Gasteiger partial charge in [-0.15, -0.1) is 12.3 Å². The molecule has 0 fully saturated rings. The highest BCUT2D eigenvalue weighted by Crippen LogP contribution is 2.51. The minimum atomic E-state index is -3.55. The lowest BCUT2D eigenvalue weighted by Crippen LogP contribution is -2.24. The summed E-state index contributed by atoms with van der Waals surface area (Å²) in [6.07, 6.45) is 2.51. The third-order valence-electron chi connectivity index (χ3n) is 1.79. The van der Waals surface area contributed by atoms with E-state index in [2.05, 4.69) is 13.8 Å². The van der Waals surface area contributed by atoms with E-state index in [4.69, 9.17) is 6.42 Å². The lowest BCUT2D eigenvalue weighted by Gasteiger charge is -2.21. The van der Waals surface area contributed by atoms with Gasteiger partial charge in [0.1, 0.15) is 0 Å². The van der Waals surface area contributed by atoms with E-state index in [0.717, 1.165) is 14.2 Å². The van der Waals surface area contributed by atoms with Crippen molar-refractivity contribution in [3.8, 4) is 12.3 Å². The summed E-state index contributed by atoms with van der Waals surface area (Å²) < 4.78 is 38.4. The minimum Gasteiger partial charge on any atom is -0.447 e.